The Bertz CT molecular complexity index is 1140. The first kappa shape index (κ1) is 18.4. The van der Waals surface area contributed by atoms with Crippen molar-refractivity contribution in [3.63, 3.8) is 0 Å². The van der Waals surface area contributed by atoms with Crippen LogP contribution < -0.4 is 5.56 Å². The number of nitrogens with zero attached hydrogens (tertiary/aromatic N) is 2. The number of thiophene rings is 1. The standard InChI is InChI=1S/C18H17N3O6S/c1-8-3-4-10-12(7-8)28-17-14(10)16(22)19-15(20-17)9(2)26-18(23)11-5-6-13(27-11)21(24)25/h5-6,8-9H,3-4,7H2,1-2H3,(H,19,20,22)/t8-,9-/m0/s1. The SMILES string of the molecule is C[C@H]1CCc2c(sc3nc([C@H](C)OC(=O)c4ccc([N+](=O)[O-])o4)[nH]c(=O)c23)C1. The monoisotopic (exact) mass is 403 g/mol. The number of esters is 1. The van der Waals surface area contributed by atoms with Crippen LogP contribution in [0.3, 0.4) is 0 Å². The summed E-state index contributed by atoms with van der Waals surface area (Å²) >= 11 is 1.51. The highest BCUT2D eigenvalue weighted by atomic mass is 32.1. The fourth-order valence-electron chi connectivity index (χ4n) is 3.37. The highest BCUT2D eigenvalue weighted by molar-refractivity contribution is 7.18. The molecule has 10 heteroatoms. The molecule has 0 bridgehead atoms. The van der Waals surface area contributed by atoms with E-state index < -0.39 is 22.9 Å². The van der Waals surface area contributed by atoms with Crippen molar-refractivity contribution >= 4 is 33.4 Å². The lowest BCUT2D eigenvalue weighted by Crippen LogP contribution is -2.18. The van der Waals surface area contributed by atoms with E-state index in [2.05, 4.69) is 16.9 Å². The molecule has 3 aromatic heterocycles. The van der Waals surface area contributed by atoms with E-state index in [-0.39, 0.29) is 17.1 Å². The lowest BCUT2D eigenvalue weighted by Gasteiger charge is -2.17. The van der Waals surface area contributed by atoms with E-state index in [0.717, 1.165) is 30.9 Å². The van der Waals surface area contributed by atoms with Gasteiger partial charge in [-0.15, -0.1) is 11.3 Å². The average Bonchev–Trinajstić information content (AvgIpc) is 3.25. The van der Waals surface area contributed by atoms with Crippen LogP contribution in [0, 0.1) is 16.0 Å². The van der Waals surface area contributed by atoms with E-state index in [1.54, 1.807) is 6.92 Å². The lowest BCUT2D eigenvalue weighted by molar-refractivity contribution is -0.402. The smallest absolute Gasteiger partial charge is 0.433 e. The Morgan fingerprint density at radius 1 is 1.50 bits per heavy atom. The number of nitrogens with one attached hydrogen (secondary N) is 1. The van der Waals surface area contributed by atoms with Crippen LogP contribution in [0.25, 0.3) is 10.2 Å². The van der Waals surface area contributed by atoms with Crippen LogP contribution in [0.1, 0.15) is 53.2 Å². The van der Waals surface area contributed by atoms with Crippen molar-refractivity contribution in [2.24, 2.45) is 5.92 Å². The van der Waals surface area contributed by atoms with Crippen LogP contribution in [-0.4, -0.2) is 20.9 Å². The minimum Gasteiger partial charge on any atom is -0.449 e. The quantitative estimate of drug-likeness (QED) is 0.401. The molecule has 3 aromatic rings. The molecule has 0 aliphatic heterocycles. The number of nitro groups is 1. The highest BCUT2D eigenvalue weighted by Gasteiger charge is 2.25. The first-order valence-corrected chi connectivity index (χ1v) is 9.64. The van der Waals surface area contributed by atoms with Gasteiger partial charge >= 0.3 is 11.9 Å². The van der Waals surface area contributed by atoms with E-state index in [1.165, 1.54) is 22.3 Å². The Balaban J connectivity index is 1.60. The zero-order valence-corrected chi connectivity index (χ0v) is 16.0. The summed E-state index contributed by atoms with van der Waals surface area (Å²) < 4.78 is 10.1. The van der Waals surface area contributed by atoms with Gasteiger partial charge in [-0.25, -0.2) is 9.78 Å². The molecule has 0 spiro atoms. The zero-order chi connectivity index (χ0) is 20.0. The molecule has 1 aliphatic carbocycles. The van der Waals surface area contributed by atoms with Gasteiger partial charge in [0.1, 0.15) is 9.75 Å². The predicted octanol–water partition coefficient (Wildman–Crippen LogP) is 3.53. The van der Waals surface area contributed by atoms with Gasteiger partial charge in [0.05, 0.1) is 11.5 Å². The molecule has 28 heavy (non-hydrogen) atoms. The van der Waals surface area contributed by atoms with Gasteiger partial charge in [0.15, 0.2) is 11.9 Å². The molecular weight excluding hydrogens is 386 g/mol. The normalized spacial score (nSPS) is 17.3. The van der Waals surface area contributed by atoms with Crippen molar-refractivity contribution in [3.8, 4) is 0 Å². The van der Waals surface area contributed by atoms with Gasteiger partial charge < -0.3 is 14.1 Å². The molecule has 4 rings (SSSR count). The Hall–Kier alpha value is -3.01. The predicted molar refractivity (Wildman–Crippen MR) is 101 cm³/mol. The van der Waals surface area contributed by atoms with Crippen LogP contribution in [0.2, 0.25) is 0 Å². The molecule has 0 radical (unpaired) electrons. The first-order chi connectivity index (χ1) is 13.3. The van der Waals surface area contributed by atoms with E-state index in [1.807, 2.05) is 0 Å². The third-order valence-corrected chi connectivity index (χ3v) is 5.97. The summed E-state index contributed by atoms with van der Waals surface area (Å²) in [4.78, 5) is 43.7. The Kier molecular flexibility index (Phi) is 4.50. The molecule has 1 N–H and O–H groups in total. The van der Waals surface area contributed by atoms with Crippen molar-refractivity contribution in [2.75, 3.05) is 0 Å². The third-order valence-electron chi connectivity index (χ3n) is 4.83. The maximum atomic E-state index is 12.6. The highest BCUT2D eigenvalue weighted by Crippen LogP contribution is 2.36. The number of carbonyl (C=O) groups is 1. The molecule has 2 atom stereocenters. The number of hydrogen-bond acceptors (Lipinski definition) is 8. The van der Waals surface area contributed by atoms with Gasteiger partial charge in [0.2, 0.25) is 5.76 Å². The van der Waals surface area contributed by atoms with Crippen molar-refractivity contribution in [2.45, 2.75) is 39.2 Å². The summed E-state index contributed by atoms with van der Waals surface area (Å²) in [5.41, 5.74) is 0.828. The van der Waals surface area contributed by atoms with Crippen molar-refractivity contribution in [3.05, 3.63) is 54.6 Å². The molecule has 146 valence electrons. The van der Waals surface area contributed by atoms with Crippen LogP contribution in [0.5, 0.6) is 0 Å². The number of hydrogen-bond donors (Lipinski definition) is 1. The molecule has 3 heterocycles. The topological polar surface area (TPSA) is 128 Å². The van der Waals surface area contributed by atoms with Crippen LogP contribution in [0.4, 0.5) is 5.88 Å². The van der Waals surface area contributed by atoms with Crippen molar-refractivity contribution in [1.82, 2.24) is 9.97 Å². The number of H-pyrrole nitrogens is 1. The first-order valence-electron chi connectivity index (χ1n) is 8.83. The third kappa shape index (κ3) is 3.19. The molecule has 0 aromatic carbocycles. The largest absolute Gasteiger partial charge is 0.449 e. The Morgan fingerprint density at radius 2 is 2.29 bits per heavy atom. The molecule has 0 amide bonds. The summed E-state index contributed by atoms with van der Waals surface area (Å²) in [5.74, 6) is -0.911. The van der Waals surface area contributed by atoms with E-state index in [9.17, 15) is 19.7 Å². The summed E-state index contributed by atoms with van der Waals surface area (Å²) in [5, 5.41) is 11.3. The molecule has 0 unspecified atom stereocenters. The fourth-order valence-corrected chi connectivity index (χ4v) is 4.76. The number of furan rings is 1. The number of rotatable bonds is 4. The Morgan fingerprint density at radius 3 is 3.00 bits per heavy atom. The van der Waals surface area contributed by atoms with Crippen LogP contribution >= 0.6 is 11.3 Å². The summed E-state index contributed by atoms with van der Waals surface area (Å²) in [6.07, 6.45) is 1.99. The fraction of sp³-hybridized carbons (Fsp3) is 0.389. The minimum absolute atomic E-state index is 0.221. The summed E-state index contributed by atoms with van der Waals surface area (Å²) in [6, 6.07) is 2.24. The van der Waals surface area contributed by atoms with E-state index >= 15 is 0 Å². The molecule has 0 saturated carbocycles. The zero-order valence-electron chi connectivity index (χ0n) is 15.2. The number of ether oxygens (including phenoxy) is 1. The summed E-state index contributed by atoms with van der Waals surface area (Å²) in [6.45, 7) is 3.76. The van der Waals surface area contributed by atoms with Crippen LogP contribution in [-0.2, 0) is 17.6 Å². The van der Waals surface area contributed by atoms with Gasteiger partial charge in [-0.1, -0.05) is 6.92 Å². The van der Waals surface area contributed by atoms with Gasteiger partial charge in [-0.2, -0.15) is 0 Å². The molecule has 9 nitrogen and oxygen atoms in total. The number of fused-ring (bicyclic) bond motifs is 3. The number of aromatic nitrogens is 2. The van der Waals surface area contributed by atoms with Crippen LogP contribution in [0.15, 0.2) is 21.3 Å². The average molecular weight is 403 g/mol. The second-order valence-electron chi connectivity index (χ2n) is 6.93. The van der Waals surface area contributed by atoms with Gasteiger partial charge in [0.25, 0.3) is 5.56 Å². The number of carbonyl (C=O) groups excluding carboxylic acids is 1. The minimum atomic E-state index is -0.873. The van der Waals surface area contributed by atoms with Crippen molar-refractivity contribution in [1.29, 1.82) is 0 Å². The molecule has 0 saturated heterocycles. The maximum Gasteiger partial charge on any atom is 0.433 e. The molecule has 1 aliphatic rings. The number of aromatic amines is 1. The lowest BCUT2D eigenvalue weighted by atomic mass is 9.89. The van der Waals surface area contributed by atoms with Crippen molar-refractivity contribution < 1.29 is 18.9 Å². The Labute approximate surface area is 162 Å². The van der Waals surface area contributed by atoms with Gasteiger partial charge in [-0.05, 0) is 43.7 Å². The summed E-state index contributed by atoms with van der Waals surface area (Å²) in [7, 11) is 0. The molecular formula is C18H17N3O6S. The molecule has 0 fully saturated rings. The van der Waals surface area contributed by atoms with Gasteiger partial charge in [0, 0.05) is 4.88 Å². The van der Waals surface area contributed by atoms with Gasteiger partial charge in [-0.3, -0.25) is 14.9 Å². The second-order valence-corrected chi connectivity index (χ2v) is 8.01. The second kappa shape index (κ2) is 6.86. The number of aryl methyl sites for hydroxylation is 1. The van der Waals surface area contributed by atoms with E-state index in [0.29, 0.717) is 16.1 Å². The van der Waals surface area contributed by atoms with E-state index in [4.69, 9.17) is 9.15 Å². The maximum absolute atomic E-state index is 12.6.